The first kappa shape index (κ1) is 26.4. The highest BCUT2D eigenvalue weighted by atomic mass is 32.2. The zero-order valence-electron chi connectivity index (χ0n) is 22.4. The van der Waals surface area contributed by atoms with Crippen molar-refractivity contribution in [2.75, 3.05) is 30.8 Å². The molecule has 0 aliphatic carbocycles. The molecule has 0 bridgehead atoms. The summed E-state index contributed by atoms with van der Waals surface area (Å²) in [6.07, 6.45) is 5.58. The molecular formula is C29H28F2N6O2SSi. The zero-order chi connectivity index (χ0) is 28.3. The van der Waals surface area contributed by atoms with Gasteiger partial charge in [0.25, 0.3) is 0 Å². The van der Waals surface area contributed by atoms with Gasteiger partial charge in [-0.15, -0.1) is 0 Å². The molecule has 12 heteroatoms. The normalized spacial score (nSPS) is 21.3. The van der Waals surface area contributed by atoms with E-state index in [4.69, 9.17) is 10.5 Å². The summed E-state index contributed by atoms with van der Waals surface area (Å²) in [4.78, 5) is 27.2. The highest BCUT2D eigenvalue weighted by molar-refractivity contribution is 7.99. The highest BCUT2D eigenvalue weighted by Crippen LogP contribution is 2.52. The van der Waals surface area contributed by atoms with Gasteiger partial charge in [-0.3, -0.25) is 9.69 Å². The number of nitrogen functional groups attached to an aromatic ring is 1. The lowest BCUT2D eigenvalue weighted by atomic mass is 10.0. The number of rotatable bonds is 7. The summed E-state index contributed by atoms with van der Waals surface area (Å²) in [5, 5.41) is 1.00. The first-order chi connectivity index (χ1) is 19.9. The quantitative estimate of drug-likeness (QED) is 0.320. The monoisotopic (exact) mass is 590 g/mol. The number of hydrogen-bond donors (Lipinski definition) is 1. The highest BCUT2D eigenvalue weighted by Gasteiger charge is 2.59. The Bertz CT molecular complexity index is 1720. The molecule has 2 N–H and O–H groups in total. The van der Waals surface area contributed by atoms with E-state index in [2.05, 4.69) is 19.8 Å². The minimum absolute atomic E-state index is 0.0616. The number of nitrogens with two attached hydrogens (primary N) is 1. The summed E-state index contributed by atoms with van der Waals surface area (Å²) in [6.45, 7) is 2.85. The molecule has 4 aromatic rings. The molecule has 0 spiro atoms. The number of anilines is 2. The van der Waals surface area contributed by atoms with Crippen LogP contribution in [0.1, 0.15) is 24.0 Å². The van der Waals surface area contributed by atoms with E-state index in [9.17, 15) is 13.6 Å². The van der Waals surface area contributed by atoms with Crippen molar-refractivity contribution in [3.8, 4) is 5.88 Å². The summed E-state index contributed by atoms with van der Waals surface area (Å²) >= 11 is 1.58. The number of ether oxygens (including phenoxy) is 1. The van der Waals surface area contributed by atoms with Crippen LogP contribution in [0.2, 0.25) is 5.54 Å². The molecule has 0 saturated carbocycles. The average Bonchev–Trinajstić information content (AvgIpc) is 3.68. The Morgan fingerprint density at radius 2 is 2.05 bits per heavy atom. The molecule has 8 nitrogen and oxygen atoms in total. The van der Waals surface area contributed by atoms with E-state index in [0.717, 1.165) is 54.3 Å². The maximum Gasteiger partial charge on any atom is 0.213 e. The topological polar surface area (TPSA) is 89.5 Å². The van der Waals surface area contributed by atoms with Crippen LogP contribution in [0.5, 0.6) is 5.88 Å². The number of thioether (sulfide) groups is 1. The fourth-order valence-electron chi connectivity index (χ4n) is 6.22. The zero-order valence-corrected chi connectivity index (χ0v) is 24.3. The van der Waals surface area contributed by atoms with Gasteiger partial charge in [-0.1, -0.05) is 11.8 Å². The summed E-state index contributed by atoms with van der Waals surface area (Å²) < 4.78 is 35.7. The predicted octanol–water partition coefficient (Wildman–Crippen LogP) is 4.23. The maximum atomic E-state index is 14.3. The Morgan fingerprint density at radius 1 is 1.20 bits per heavy atom. The van der Waals surface area contributed by atoms with Crippen LogP contribution in [0.25, 0.3) is 10.9 Å². The first-order valence-corrected chi connectivity index (χ1v) is 15.6. The lowest BCUT2D eigenvalue weighted by Crippen LogP contribution is -2.41. The van der Waals surface area contributed by atoms with Gasteiger partial charge in [-0.05, 0) is 48.2 Å². The summed E-state index contributed by atoms with van der Waals surface area (Å²) in [5.41, 5.74) is 9.24. The molecule has 3 aliphatic heterocycles. The van der Waals surface area contributed by atoms with Gasteiger partial charge in [0.05, 0.1) is 44.9 Å². The molecule has 1 aromatic carbocycles. The van der Waals surface area contributed by atoms with E-state index in [-0.39, 0.29) is 16.0 Å². The Balaban J connectivity index is 1.26. The van der Waals surface area contributed by atoms with Crippen molar-refractivity contribution in [3.05, 3.63) is 81.8 Å². The SMILES string of the molecule is COc1cc(CN(Cc2c3n(c4cc(F)c(F)cc4c2=O)CS3)[C@]23CCCN(c4ccc(N)nc4)CC2[Si]3)ccn1. The van der Waals surface area contributed by atoms with Crippen molar-refractivity contribution >= 4 is 43.7 Å². The Hall–Kier alpha value is -3.48. The fourth-order valence-corrected chi connectivity index (χ4v) is 9.08. The van der Waals surface area contributed by atoms with Gasteiger partial charge in [0.15, 0.2) is 17.1 Å². The van der Waals surface area contributed by atoms with Crippen LogP contribution in [0.3, 0.4) is 0 Å². The van der Waals surface area contributed by atoms with E-state index in [0.29, 0.717) is 56.8 Å². The molecule has 2 radical (unpaired) electrons. The fraction of sp³-hybridized carbons (Fsp3) is 0.345. The van der Waals surface area contributed by atoms with Crippen LogP contribution in [0.15, 0.2) is 58.6 Å². The number of halogens is 2. The van der Waals surface area contributed by atoms with E-state index in [1.165, 1.54) is 0 Å². The van der Waals surface area contributed by atoms with Crippen LogP contribution in [0.4, 0.5) is 20.3 Å². The van der Waals surface area contributed by atoms with Crippen LogP contribution in [-0.4, -0.2) is 54.3 Å². The van der Waals surface area contributed by atoms with Crippen molar-refractivity contribution in [3.63, 3.8) is 0 Å². The van der Waals surface area contributed by atoms with Gasteiger partial charge in [-0.2, -0.15) is 0 Å². The molecule has 210 valence electrons. The summed E-state index contributed by atoms with van der Waals surface area (Å²) in [7, 11) is 2.31. The van der Waals surface area contributed by atoms with Crippen LogP contribution in [0, 0.1) is 11.6 Å². The molecule has 7 rings (SSSR count). The molecule has 1 unspecified atom stereocenters. The van der Waals surface area contributed by atoms with Gasteiger partial charge >= 0.3 is 0 Å². The first-order valence-electron chi connectivity index (χ1n) is 13.5. The third kappa shape index (κ3) is 4.58. The molecule has 0 amide bonds. The van der Waals surface area contributed by atoms with Gasteiger partial charge < -0.3 is 19.9 Å². The molecular weight excluding hydrogens is 563 g/mol. The predicted molar refractivity (Wildman–Crippen MR) is 156 cm³/mol. The number of hydrogen-bond acceptors (Lipinski definition) is 8. The second kappa shape index (κ2) is 10.1. The van der Waals surface area contributed by atoms with Crippen LogP contribution in [-0.2, 0) is 19.0 Å². The van der Waals surface area contributed by atoms with Crippen molar-refractivity contribution in [2.45, 2.75) is 47.5 Å². The number of benzene rings is 1. The molecule has 3 aromatic heterocycles. The summed E-state index contributed by atoms with van der Waals surface area (Å²) in [6, 6.07) is 9.97. The van der Waals surface area contributed by atoms with E-state index < -0.39 is 11.6 Å². The number of nitrogens with zero attached hydrogens (tertiary/aromatic N) is 5. The molecule has 2 fully saturated rings. The van der Waals surface area contributed by atoms with E-state index >= 15 is 0 Å². The third-order valence-electron chi connectivity index (χ3n) is 8.42. The number of aromatic nitrogens is 3. The lowest BCUT2D eigenvalue weighted by molar-refractivity contribution is 0.160. The summed E-state index contributed by atoms with van der Waals surface area (Å²) in [5.74, 6) is -0.294. The van der Waals surface area contributed by atoms with Gasteiger partial charge in [-0.25, -0.2) is 18.7 Å². The van der Waals surface area contributed by atoms with Gasteiger partial charge in [0, 0.05) is 60.6 Å². The minimum atomic E-state index is -1.00. The molecule has 2 saturated heterocycles. The second-order valence-corrected chi connectivity index (χ2v) is 13.6. The Morgan fingerprint density at radius 3 is 2.80 bits per heavy atom. The Kier molecular flexibility index (Phi) is 6.51. The van der Waals surface area contributed by atoms with E-state index in [1.807, 2.05) is 35.0 Å². The maximum absolute atomic E-state index is 14.3. The smallest absolute Gasteiger partial charge is 0.213 e. The Labute approximate surface area is 242 Å². The molecule has 3 aliphatic rings. The molecule has 41 heavy (non-hydrogen) atoms. The number of fused-ring (bicyclic) bond motifs is 4. The molecule has 2 atom stereocenters. The van der Waals surface area contributed by atoms with E-state index in [1.54, 1.807) is 25.1 Å². The average molecular weight is 591 g/mol. The van der Waals surface area contributed by atoms with Gasteiger partial charge in [0.1, 0.15) is 5.82 Å². The lowest BCUT2D eigenvalue weighted by Gasteiger charge is -2.35. The van der Waals surface area contributed by atoms with Crippen molar-refractivity contribution in [1.82, 2.24) is 19.4 Å². The standard InChI is InChI=1S/C29H28F2N6O2SSi/c1-39-26-9-17(5-7-33-26)13-36(29-6-2-8-35(15-24(29)41-29)18-3-4-25(32)34-12-18)14-20-27(38)19-10-21(30)22(31)11-23(19)37-16-40-28(20)37/h3-5,7,9-12,24H,2,6,8,13-16H2,1H3,(H2,32,34)/t24?,29-/m0/s1. The largest absolute Gasteiger partial charge is 0.481 e. The van der Waals surface area contributed by atoms with Crippen LogP contribution < -0.4 is 20.8 Å². The van der Waals surface area contributed by atoms with Crippen molar-refractivity contribution in [2.24, 2.45) is 0 Å². The number of methoxy groups -OCH3 is 1. The van der Waals surface area contributed by atoms with Crippen LogP contribution >= 0.6 is 11.8 Å². The third-order valence-corrected chi connectivity index (χ3v) is 11.7. The molecule has 6 heterocycles. The van der Waals surface area contributed by atoms with Crippen molar-refractivity contribution < 1.29 is 13.5 Å². The minimum Gasteiger partial charge on any atom is -0.481 e. The second-order valence-electron chi connectivity index (χ2n) is 10.8. The van der Waals surface area contributed by atoms with Gasteiger partial charge in [0.2, 0.25) is 5.88 Å². The van der Waals surface area contributed by atoms with Crippen molar-refractivity contribution in [1.29, 1.82) is 0 Å². The number of pyridine rings is 3.